The van der Waals surface area contributed by atoms with Gasteiger partial charge in [0.15, 0.2) is 0 Å². The molecule has 0 amide bonds. The highest BCUT2D eigenvalue weighted by atomic mass is 79.9. The van der Waals surface area contributed by atoms with Crippen molar-refractivity contribution in [3.05, 3.63) is 253 Å². The van der Waals surface area contributed by atoms with Gasteiger partial charge in [-0.25, -0.2) is 0 Å². The van der Waals surface area contributed by atoms with Crippen molar-refractivity contribution in [2.45, 2.75) is 48.9 Å². The number of benzene rings is 8. The molecule has 1 nitrogen and oxygen atoms in total. The van der Waals surface area contributed by atoms with E-state index in [1.54, 1.807) is 0 Å². The number of hydrogen-bond donors (Lipinski definition) is 0. The van der Waals surface area contributed by atoms with Crippen molar-refractivity contribution in [2.24, 2.45) is 0 Å². The third-order valence-corrected chi connectivity index (χ3v) is 17.8. The lowest BCUT2D eigenvalue weighted by Crippen LogP contribution is -2.14. The highest BCUT2D eigenvalue weighted by molar-refractivity contribution is 9.08. The highest BCUT2D eigenvalue weighted by Crippen LogP contribution is 2.40. The van der Waals surface area contributed by atoms with Crippen molar-refractivity contribution in [1.29, 1.82) is 0 Å². The van der Waals surface area contributed by atoms with Gasteiger partial charge in [0.1, 0.15) is 0 Å². The van der Waals surface area contributed by atoms with Crippen molar-refractivity contribution in [3.8, 4) is 0 Å². The fourth-order valence-electron chi connectivity index (χ4n) is 7.03. The minimum Gasteiger partial charge on any atom is -0.379 e. The van der Waals surface area contributed by atoms with Gasteiger partial charge in [0.05, 0.1) is 6.10 Å². The Morgan fingerprint density at radius 3 is 1.03 bits per heavy atom. The van der Waals surface area contributed by atoms with Crippen LogP contribution in [0.25, 0.3) is 0 Å². The second-order valence-electron chi connectivity index (χ2n) is 15.1. The summed E-state index contributed by atoms with van der Waals surface area (Å²) < 4.78 is 5.15. The van der Waals surface area contributed by atoms with Gasteiger partial charge < -0.3 is 4.74 Å². The minimum atomic E-state index is -0.442. The fourth-order valence-corrected chi connectivity index (χ4v) is 13.4. The molecule has 64 heavy (non-hydrogen) atoms. The van der Waals surface area contributed by atoms with Crippen molar-refractivity contribution in [2.75, 3.05) is 6.61 Å². The molecule has 0 saturated carbocycles. The molecule has 0 aliphatic carbocycles. The summed E-state index contributed by atoms with van der Waals surface area (Å²) in [5, 5.41) is 10.4. The van der Waals surface area contributed by atoms with Crippen LogP contribution in [0.15, 0.2) is 231 Å². The zero-order valence-electron chi connectivity index (χ0n) is 36.6. The Hall–Kier alpha value is -3.97. The van der Waals surface area contributed by atoms with Gasteiger partial charge in [0.2, 0.25) is 0 Å². The van der Waals surface area contributed by atoms with E-state index >= 15 is 0 Å². The molecule has 0 bridgehead atoms. The van der Waals surface area contributed by atoms with Gasteiger partial charge in [-0.05, 0) is 89.7 Å². The molecule has 7 heteroatoms. The molecule has 9 rings (SSSR count). The van der Waals surface area contributed by atoms with Crippen LogP contribution in [0.1, 0.15) is 42.0 Å². The lowest BCUT2D eigenvalue weighted by atomic mass is 10.2. The van der Waals surface area contributed by atoms with Gasteiger partial charge >= 0.3 is 0 Å². The van der Waals surface area contributed by atoms with Crippen LogP contribution in [0.5, 0.6) is 0 Å². The van der Waals surface area contributed by atoms with E-state index in [1.807, 2.05) is 0 Å². The first-order chi connectivity index (χ1) is 31.1. The zero-order valence-corrected chi connectivity index (χ0v) is 42.6. The van der Waals surface area contributed by atoms with E-state index in [0.717, 1.165) is 38.2 Å². The molecule has 0 N–H and O–H groups in total. The average molecular weight is 1020 g/mol. The second kappa shape index (κ2) is 29.5. The fraction of sp³-hybridized carbons (Fsp3) is 0.158. The zero-order chi connectivity index (χ0) is 43.7. The maximum atomic E-state index is 5.15. The molecular formula is C57H57BBr2OP3. The van der Waals surface area contributed by atoms with Gasteiger partial charge in [-0.15, -0.1) is 0 Å². The van der Waals surface area contributed by atoms with Gasteiger partial charge in [0, 0.05) is 38.0 Å². The summed E-state index contributed by atoms with van der Waals surface area (Å²) in [7, 11) is -0.108. The van der Waals surface area contributed by atoms with Crippen molar-refractivity contribution >= 4 is 96.5 Å². The predicted molar refractivity (Wildman–Crippen MR) is 295 cm³/mol. The Morgan fingerprint density at radius 1 is 0.438 bits per heavy atom. The van der Waals surface area contributed by atoms with Crippen molar-refractivity contribution < 1.29 is 4.74 Å². The van der Waals surface area contributed by atoms with E-state index in [1.165, 1.54) is 66.9 Å². The van der Waals surface area contributed by atoms with E-state index in [0.29, 0.717) is 6.10 Å². The molecule has 1 saturated heterocycles. The molecule has 323 valence electrons. The van der Waals surface area contributed by atoms with E-state index < -0.39 is 15.8 Å². The first-order valence-electron chi connectivity index (χ1n) is 21.6. The molecule has 1 atom stereocenters. The maximum Gasteiger partial charge on any atom is 0.0547 e. The molecule has 1 aliphatic rings. The topological polar surface area (TPSA) is 9.23 Å². The molecule has 3 radical (unpaired) electrons. The van der Waals surface area contributed by atoms with E-state index in [2.05, 4.69) is 269 Å². The Labute approximate surface area is 406 Å². The standard InChI is InChI=1S/C32H28P2.C12H11P.C8H8Br2.C5H10O.B/c1-5-16-29(17-6-1)33(30-18-7-2-8-19-30)25-27-14-13-15-28(24-27)26-34(31-20-9-3-10-21-31)32-22-11-4-12-23-32;1-3-7-11(8-4-1)13-12-9-5-2-6-10-12;9-5-7-2-1-3-8(4-7)6-10;1-5-3-2-4-6-5;/h1-24H,25-26H2;1-10,13H;1-4H,5-6H2;5H,2-4H2,1H3;. The summed E-state index contributed by atoms with van der Waals surface area (Å²) >= 11 is 6.81. The Morgan fingerprint density at radius 2 is 0.750 bits per heavy atom. The molecule has 0 aromatic heterocycles. The number of halogens is 2. The van der Waals surface area contributed by atoms with Crippen LogP contribution in [-0.2, 0) is 27.7 Å². The van der Waals surface area contributed by atoms with Crippen LogP contribution in [0.3, 0.4) is 0 Å². The predicted octanol–water partition coefficient (Wildman–Crippen LogP) is 13.5. The quantitative estimate of drug-likeness (QED) is 0.0673. The van der Waals surface area contributed by atoms with Crippen molar-refractivity contribution in [3.63, 3.8) is 0 Å². The number of rotatable bonds is 12. The first kappa shape index (κ1) is 51.0. The van der Waals surface area contributed by atoms with Crippen LogP contribution in [0, 0.1) is 0 Å². The Kier molecular flexibility index (Phi) is 23.6. The van der Waals surface area contributed by atoms with Crippen LogP contribution in [0.2, 0.25) is 0 Å². The van der Waals surface area contributed by atoms with Crippen molar-refractivity contribution in [1.82, 2.24) is 0 Å². The molecular weight excluding hydrogens is 964 g/mol. The van der Waals surface area contributed by atoms with Crippen LogP contribution < -0.4 is 31.8 Å². The summed E-state index contributed by atoms with van der Waals surface area (Å²) in [6.45, 7) is 3.11. The normalized spacial score (nSPS) is 12.7. The Balaban J connectivity index is 0.000000207. The molecule has 1 aliphatic heterocycles. The first-order valence-corrected chi connectivity index (χ1v) is 27.9. The number of alkyl halides is 2. The minimum absolute atomic E-state index is 0. The molecule has 1 unspecified atom stereocenters. The summed E-state index contributed by atoms with van der Waals surface area (Å²) in [6.07, 6.45) is 5.20. The van der Waals surface area contributed by atoms with Crippen LogP contribution >= 0.6 is 56.3 Å². The lowest BCUT2D eigenvalue weighted by molar-refractivity contribution is 0.125. The summed E-state index contributed by atoms with van der Waals surface area (Å²) in [5.41, 5.74) is 5.51. The molecule has 0 spiro atoms. The smallest absolute Gasteiger partial charge is 0.0547 e. The number of hydrogen-bond acceptors (Lipinski definition) is 1. The van der Waals surface area contributed by atoms with Crippen LogP contribution in [0.4, 0.5) is 0 Å². The highest BCUT2D eigenvalue weighted by Gasteiger charge is 2.17. The molecule has 8 aromatic rings. The lowest BCUT2D eigenvalue weighted by Gasteiger charge is -2.21. The van der Waals surface area contributed by atoms with E-state index in [4.69, 9.17) is 4.74 Å². The summed E-state index contributed by atoms with van der Waals surface area (Å²) in [6, 6.07) is 83.0. The van der Waals surface area contributed by atoms with E-state index in [9.17, 15) is 0 Å². The Bertz CT molecular complexity index is 2190. The molecule has 8 aromatic carbocycles. The van der Waals surface area contributed by atoms with Gasteiger partial charge in [-0.1, -0.05) is 271 Å². The third-order valence-electron chi connectivity index (χ3n) is 10.2. The van der Waals surface area contributed by atoms with Gasteiger partial charge in [-0.2, -0.15) is 0 Å². The van der Waals surface area contributed by atoms with Gasteiger partial charge in [0.25, 0.3) is 0 Å². The summed E-state index contributed by atoms with van der Waals surface area (Å²) in [5.74, 6) is 0. The largest absolute Gasteiger partial charge is 0.379 e. The number of ether oxygens (including phenoxy) is 1. The van der Waals surface area contributed by atoms with E-state index in [-0.39, 0.29) is 8.41 Å². The maximum absolute atomic E-state index is 5.15. The van der Waals surface area contributed by atoms with Gasteiger partial charge in [-0.3, -0.25) is 0 Å². The third kappa shape index (κ3) is 17.8. The second-order valence-corrected chi connectivity index (χ2v) is 22.0. The molecule has 1 fully saturated rings. The monoisotopic (exact) mass is 1020 g/mol. The summed E-state index contributed by atoms with van der Waals surface area (Å²) in [4.78, 5) is 0. The van der Waals surface area contributed by atoms with Crippen LogP contribution in [-0.4, -0.2) is 21.1 Å². The molecule has 1 heterocycles. The SMILES string of the molecule is BrCc1cccc(CBr)c1.CC1CCCO1.[B].c1ccc(P(Cc2cccc(CP(c3ccccc3)c3ccccc3)c2)c2ccccc2)cc1.c1ccc(Pc2ccccc2)cc1. The average Bonchev–Trinajstić information content (AvgIpc) is 3.85.